The predicted molar refractivity (Wildman–Crippen MR) is 61.3 cm³/mol. The minimum absolute atomic E-state index is 0.0733. The van der Waals surface area contributed by atoms with Crippen molar-refractivity contribution in [3.63, 3.8) is 0 Å². The third-order valence-corrected chi connectivity index (χ3v) is 2.35. The Labute approximate surface area is 96.2 Å². The van der Waals surface area contributed by atoms with Crippen molar-refractivity contribution in [1.82, 2.24) is 4.90 Å². The first-order valence-corrected chi connectivity index (χ1v) is 5.52. The Morgan fingerprint density at radius 3 is 2.88 bits per heavy atom. The van der Waals surface area contributed by atoms with E-state index in [4.69, 9.17) is 9.15 Å². The van der Waals surface area contributed by atoms with Gasteiger partial charge in [-0.2, -0.15) is 0 Å². The number of methoxy groups -OCH3 is 1. The number of ether oxygens (including phenoxy) is 1. The zero-order chi connectivity index (χ0) is 12.0. The summed E-state index contributed by atoms with van der Waals surface area (Å²) >= 11 is 0. The van der Waals surface area contributed by atoms with Crippen LogP contribution < -0.4 is 0 Å². The SMILES string of the molecule is CCCCN(C)C(=O)c1ccc(COC)o1. The van der Waals surface area contributed by atoms with Gasteiger partial charge in [-0.1, -0.05) is 13.3 Å². The lowest BCUT2D eigenvalue weighted by atomic mass is 10.3. The van der Waals surface area contributed by atoms with Gasteiger partial charge in [0.05, 0.1) is 0 Å². The number of carbonyl (C=O) groups is 1. The highest BCUT2D eigenvalue weighted by Crippen LogP contribution is 2.11. The van der Waals surface area contributed by atoms with E-state index in [9.17, 15) is 4.79 Å². The van der Waals surface area contributed by atoms with Gasteiger partial charge in [0.1, 0.15) is 12.4 Å². The fourth-order valence-corrected chi connectivity index (χ4v) is 1.40. The Bertz CT molecular complexity index is 333. The molecule has 1 aromatic heterocycles. The van der Waals surface area contributed by atoms with Crippen molar-refractivity contribution in [2.45, 2.75) is 26.4 Å². The maximum Gasteiger partial charge on any atom is 0.289 e. The summed E-state index contributed by atoms with van der Waals surface area (Å²) in [5.41, 5.74) is 0. The summed E-state index contributed by atoms with van der Waals surface area (Å²) in [6.07, 6.45) is 2.08. The third kappa shape index (κ3) is 3.38. The number of unbranched alkanes of at least 4 members (excludes halogenated alkanes) is 1. The molecule has 0 bridgehead atoms. The molecule has 0 radical (unpaired) electrons. The maximum atomic E-state index is 11.9. The van der Waals surface area contributed by atoms with Crippen LogP contribution in [0.5, 0.6) is 0 Å². The van der Waals surface area contributed by atoms with E-state index in [1.807, 2.05) is 0 Å². The van der Waals surface area contributed by atoms with Crippen LogP contribution in [0.2, 0.25) is 0 Å². The largest absolute Gasteiger partial charge is 0.453 e. The molecule has 0 aromatic carbocycles. The van der Waals surface area contributed by atoms with E-state index in [1.54, 1.807) is 31.2 Å². The summed E-state index contributed by atoms with van der Waals surface area (Å²) in [6.45, 7) is 3.25. The van der Waals surface area contributed by atoms with E-state index in [0.717, 1.165) is 19.4 Å². The molecule has 0 aliphatic heterocycles. The van der Waals surface area contributed by atoms with E-state index in [-0.39, 0.29) is 5.91 Å². The fraction of sp³-hybridized carbons (Fsp3) is 0.583. The molecule has 0 spiro atoms. The van der Waals surface area contributed by atoms with Gasteiger partial charge in [-0.25, -0.2) is 0 Å². The molecule has 0 unspecified atom stereocenters. The van der Waals surface area contributed by atoms with Crippen LogP contribution in [-0.2, 0) is 11.3 Å². The molecule has 0 saturated heterocycles. The van der Waals surface area contributed by atoms with Crippen molar-refractivity contribution in [3.8, 4) is 0 Å². The second kappa shape index (κ2) is 6.33. The van der Waals surface area contributed by atoms with Crippen molar-refractivity contribution < 1.29 is 13.9 Å². The zero-order valence-corrected chi connectivity index (χ0v) is 10.2. The summed E-state index contributed by atoms with van der Waals surface area (Å²) in [5, 5.41) is 0. The summed E-state index contributed by atoms with van der Waals surface area (Å²) in [5.74, 6) is 0.983. The second-order valence-corrected chi connectivity index (χ2v) is 3.78. The van der Waals surface area contributed by atoms with Crippen molar-refractivity contribution in [2.75, 3.05) is 20.7 Å². The Morgan fingerprint density at radius 2 is 2.25 bits per heavy atom. The molecule has 1 rings (SSSR count). The molecular formula is C12H19NO3. The quantitative estimate of drug-likeness (QED) is 0.746. The van der Waals surface area contributed by atoms with Crippen molar-refractivity contribution in [1.29, 1.82) is 0 Å². The van der Waals surface area contributed by atoms with E-state index < -0.39 is 0 Å². The topological polar surface area (TPSA) is 42.7 Å². The van der Waals surface area contributed by atoms with Crippen molar-refractivity contribution in [3.05, 3.63) is 23.7 Å². The smallest absolute Gasteiger partial charge is 0.289 e. The second-order valence-electron chi connectivity index (χ2n) is 3.78. The lowest BCUT2D eigenvalue weighted by Crippen LogP contribution is -2.27. The fourth-order valence-electron chi connectivity index (χ4n) is 1.40. The summed E-state index contributed by atoms with van der Waals surface area (Å²) in [4.78, 5) is 13.5. The Hall–Kier alpha value is -1.29. The van der Waals surface area contributed by atoms with Crippen molar-refractivity contribution in [2.24, 2.45) is 0 Å². The van der Waals surface area contributed by atoms with Gasteiger partial charge in [0, 0.05) is 20.7 Å². The number of hydrogen-bond donors (Lipinski definition) is 0. The number of carbonyl (C=O) groups excluding carboxylic acids is 1. The first kappa shape index (κ1) is 12.8. The molecule has 0 saturated carbocycles. The van der Waals surface area contributed by atoms with Gasteiger partial charge in [-0.05, 0) is 18.6 Å². The zero-order valence-electron chi connectivity index (χ0n) is 10.2. The van der Waals surface area contributed by atoms with Crippen LogP contribution >= 0.6 is 0 Å². The highest BCUT2D eigenvalue weighted by Gasteiger charge is 2.15. The molecule has 1 aromatic rings. The molecule has 0 atom stereocenters. The monoisotopic (exact) mass is 225 g/mol. The predicted octanol–water partition coefficient (Wildman–Crippen LogP) is 2.30. The Kier molecular flexibility index (Phi) is 5.05. The van der Waals surface area contributed by atoms with Crippen LogP contribution in [0, 0.1) is 0 Å². The molecule has 4 heteroatoms. The molecule has 0 aliphatic carbocycles. The maximum absolute atomic E-state index is 11.9. The highest BCUT2D eigenvalue weighted by atomic mass is 16.5. The van der Waals surface area contributed by atoms with Crippen LogP contribution in [0.25, 0.3) is 0 Å². The Morgan fingerprint density at radius 1 is 1.50 bits per heavy atom. The van der Waals surface area contributed by atoms with Crippen LogP contribution in [0.4, 0.5) is 0 Å². The molecule has 0 N–H and O–H groups in total. The summed E-state index contributed by atoms with van der Waals surface area (Å²) in [6, 6.07) is 3.46. The van der Waals surface area contributed by atoms with Crippen LogP contribution in [0.1, 0.15) is 36.1 Å². The number of amides is 1. The first-order chi connectivity index (χ1) is 7.69. The minimum atomic E-state index is -0.0733. The summed E-state index contributed by atoms with van der Waals surface area (Å²) in [7, 11) is 3.38. The van der Waals surface area contributed by atoms with Crippen LogP contribution in [-0.4, -0.2) is 31.5 Å². The average molecular weight is 225 g/mol. The van der Waals surface area contributed by atoms with Gasteiger partial charge in [-0.15, -0.1) is 0 Å². The number of furan rings is 1. The minimum Gasteiger partial charge on any atom is -0.453 e. The van der Waals surface area contributed by atoms with Gasteiger partial charge < -0.3 is 14.1 Å². The molecule has 1 amide bonds. The molecule has 16 heavy (non-hydrogen) atoms. The molecule has 4 nitrogen and oxygen atoms in total. The van der Waals surface area contributed by atoms with Gasteiger partial charge in [0.2, 0.25) is 0 Å². The Balaban J connectivity index is 2.57. The van der Waals surface area contributed by atoms with Crippen LogP contribution in [0.3, 0.4) is 0 Å². The van der Waals surface area contributed by atoms with Gasteiger partial charge >= 0.3 is 0 Å². The molecule has 0 fully saturated rings. The number of rotatable bonds is 6. The third-order valence-electron chi connectivity index (χ3n) is 2.35. The normalized spacial score (nSPS) is 10.4. The van der Waals surface area contributed by atoms with Gasteiger partial charge in [0.25, 0.3) is 5.91 Å². The van der Waals surface area contributed by atoms with E-state index in [1.165, 1.54) is 0 Å². The lowest BCUT2D eigenvalue weighted by Gasteiger charge is -2.14. The molecule has 90 valence electrons. The highest BCUT2D eigenvalue weighted by molar-refractivity contribution is 5.91. The number of hydrogen-bond acceptors (Lipinski definition) is 3. The number of nitrogens with zero attached hydrogens (tertiary/aromatic N) is 1. The van der Waals surface area contributed by atoms with Crippen LogP contribution in [0.15, 0.2) is 16.5 Å². The molecule has 1 heterocycles. The van der Waals surface area contributed by atoms with Gasteiger partial charge in [0.15, 0.2) is 5.76 Å². The molecular weight excluding hydrogens is 206 g/mol. The van der Waals surface area contributed by atoms with E-state index >= 15 is 0 Å². The lowest BCUT2D eigenvalue weighted by molar-refractivity contribution is 0.0754. The first-order valence-electron chi connectivity index (χ1n) is 5.52. The summed E-state index contributed by atoms with van der Waals surface area (Å²) < 4.78 is 10.3. The van der Waals surface area contributed by atoms with E-state index in [0.29, 0.717) is 18.1 Å². The van der Waals surface area contributed by atoms with Crippen molar-refractivity contribution >= 4 is 5.91 Å². The standard InChI is InChI=1S/C12H19NO3/c1-4-5-8-13(2)12(14)11-7-6-10(16-11)9-15-3/h6-7H,4-5,8-9H2,1-3H3. The van der Waals surface area contributed by atoms with Gasteiger partial charge in [-0.3, -0.25) is 4.79 Å². The van der Waals surface area contributed by atoms with E-state index in [2.05, 4.69) is 6.92 Å². The molecule has 0 aliphatic rings. The average Bonchev–Trinajstić information content (AvgIpc) is 2.74.